The summed E-state index contributed by atoms with van der Waals surface area (Å²) < 4.78 is 10.9. The van der Waals surface area contributed by atoms with Crippen LogP contribution in [-0.4, -0.2) is 50.1 Å². The number of anilines is 2. The fraction of sp³-hybridized carbons (Fsp3) is 0.350. The standard InChI is InChI=1S/C20H22N6O4/c1-11-6-4-5-7-14(11)18-25-24-17(30-18)12(2)22-19-21-9-8-16(23-19)26-15(13(3)27)10-29-20(26)28/h4-9,12-13,15,27H,10H2,1-3H3,(H,21,22,23)/t12?,13-,15?/m1/s1. The molecule has 2 unspecified atom stereocenters. The smallest absolute Gasteiger partial charge is 0.416 e. The number of ether oxygens (including phenoxy) is 1. The van der Waals surface area contributed by atoms with E-state index < -0.39 is 18.2 Å². The van der Waals surface area contributed by atoms with Gasteiger partial charge in [0.05, 0.1) is 6.10 Å². The Hall–Kier alpha value is -3.53. The summed E-state index contributed by atoms with van der Waals surface area (Å²) in [5.41, 5.74) is 1.91. The van der Waals surface area contributed by atoms with E-state index >= 15 is 0 Å². The van der Waals surface area contributed by atoms with E-state index in [-0.39, 0.29) is 18.6 Å². The Morgan fingerprint density at radius 1 is 1.23 bits per heavy atom. The predicted molar refractivity (Wildman–Crippen MR) is 108 cm³/mol. The van der Waals surface area contributed by atoms with Crippen molar-refractivity contribution in [3.05, 3.63) is 48.0 Å². The second-order valence-corrected chi connectivity index (χ2v) is 7.12. The second-order valence-electron chi connectivity index (χ2n) is 7.12. The summed E-state index contributed by atoms with van der Waals surface area (Å²) in [6.07, 6.45) is 0.202. The van der Waals surface area contributed by atoms with Crippen LogP contribution in [0.4, 0.5) is 16.6 Å². The molecular formula is C20H22N6O4. The first kappa shape index (κ1) is 19.8. The topological polar surface area (TPSA) is 127 Å². The van der Waals surface area contributed by atoms with E-state index in [9.17, 15) is 9.90 Å². The van der Waals surface area contributed by atoms with E-state index in [2.05, 4.69) is 25.5 Å². The second kappa shape index (κ2) is 8.07. The Bertz CT molecular complexity index is 1050. The summed E-state index contributed by atoms with van der Waals surface area (Å²) >= 11 is 0. The molecule has 1 amide bonds. The minimum atomic E-state index is -0.764. The summed E-state index contributed by atoms with van der Waals surface area (Å²) in [6.45, 7) is 5.52. The normalized spacial score (nSPS) is 18.2. The van der Waals surface area contributed by atoms with Crippen molar-refractivity contribution >= 4 is 17.9 Å². The van der Waals surface area contributed by atoms with Crippen molar-refractivity contribution in [1.82, 2.24) is 20.2 Å². The zero-order valence-electron chi connectivity index (χ0n) is 16.8. The molecule has 1 saturated heterocycles. The lowest BCUT2D eigenvalue weighted by Gasteiger charge is -2.22. The number of hydrogen-bond acceptors (Lipinski definition) is 9. The van der Waals surface area contributed by atoms with E-state index in [0.29, 0.717) is 17.6 Å². The number of aromatic nitrogens is 4. The molecule has 0 bridgehead atoms. The lowest BCUT2D eigenvalue weighted by atomic mass is 10.1. The van der Waals surface area contributed by atoms with Gasteiger partial charge in [-0.3, -0.25) is 4.90 Å². The first-order valence-corrected chi connectivity index (χ1v) is 9.57. The number of aliphatic hydroxyl groups is 1. The molecule has 2 aromatic heterocycles. The molecular weight excluding hydrogens is 388 g/mol. The molecule has 10 heteroatoms. The van der Waals surface area contributed by atoms with Gasteiger partial charge in [0.2, 0.25) is 17.7 Å². The van der Waals surface area contributed by atoms with Crippen molar-refractivity contribution in [2.45, 2.75) is 39.0 Å². The summed E-state index contributed by atoms with van der Waals surface area (Å²) in [5, 5.41) is 21.3. The van der Waals surface area contributed by atoms with Crippen molar-refractivity contribution in [1.29, 1.82) is 0 Å². The molecule has 1 fully saturated rings. The van der Waals surface area contributed by atoms with Crippen molar-refractivity contribution in [2.75, 3.05) is 16.8 Å². The molecule has 0 saturated carbocycles. The van der Waals surface area contributed by atoms with E-state index in [1.165, 1.54) is 11.1 Å². The third-order valence-electron chi connectivity index (χ3n) is 4.88. The molecule has 3 aromatic rings. The molecule has 2 N–H and O–H groups in total. The highest BCUT2D eigenvalue weighted by molar-refractivity contribution is 5.89. The quantitative estimate of drug-likeness (QED) is 0.630. The van der Waals surface area contributed by atoms with E-state index in [1.54, 1.807) is 13.0 Å². The summed E-state index contributed by atoms with van der Waals surface area (Å²) in [5.74, 6) is 1.43. The van der Waals surface area contributed by atoms with Crippen LogP contribution in [0.15, 0.2) is 40.9 Å². The Labute approximate surface area is 172 Å². The van der Waals surface area contributed by atoms with Crippen LogP contribution in [0.1, 0.15) is 31.3 Å². The Kier molecular flexibility index (Phi) is 5.32. The number of carbonyl (C=O) groups excluding carboxylic acids is 1. The SMILES string of the molecule is Cc1ccccc1-c1nnc(C(C)Nc2nccc(N3C(=O)OCC3[C@@H](C)O)n2)o1. The van der Waals surface area contributed by atoms with Crippen LogP contribution in [0.25, 0.3) is 11.5 Å². The molecule has 0 spiro atoms. The maximum atomic E-state index is 12.1. The summed E-state index contributed by atoms with van der Waals surface area (Å²) in [6, 6.07) is 8.46. The fourth-order valence-electron chi connectivity index (χ4n) is 3.19. The maximum Gasteiger partial charge on any atom is 0.416 e. The van der Waals surface area contributed by atoms with Gasteiger partial charge in [-0.15, -0.1) is 10.2 Å². The number of aliphatic hydroxyl groups excluding tert-OH is 1. The van der Waals surface area contributed by atoms with Crippen LogP contribution < -0.4 is 10.2 Å². The lowest BCUT2D eigenvalue weighted by molar-refractivity contribution is 0.142. The monoisotopic (exact) mass is 410 g/mol. The molecule has 1 aliphatic heterocycles. The first-order valence-electron chi connectivity index (χ1n) is 9.57. The highest BCUT2D eigenvalue weighted by atomic mass is 16.6. The molecule has 3 atom stereocenters. The highest BCUT2D eigenvalue weighted by Crippen LogP contribution is 2.26. The predicted octanol–water partition coefficient (Wildman–Crippen LogP) is 2.71. The third-order valence-corrected chi connectivity index (χ3v) is 4.88. The first-order chi connectivity index (χ1) is 14.4. The number of hydrogen-bond donors (Lipinski definition) is 2. The van der Waals surface area contributed by atoms with Gasteiger partial charge in [0.25, 0.3) is 0 Å². The molecule has 1 aromatic carbocycles. The van der Waals surface area contributed by atoms with Gasteiger partial charge in [-0.25, -0.2) is 9.78 Å². The minimum Gasteiger partial charge on any atom is -0.447 e. The maximum absolute atomic E-state index is 12.1. The fourth-order valence-corrected chi connectivity index (χ4v) is 3.19. The van der Waals surface area contributed by atoms with Crippen molar-refractivity contribution < 1.29 is 19.1 Å². The number of nitrogens with one attached hydrogen (secondary N) is 1. The molecule has 0 aliphatic carbocycles. The average Bonchev–Trinajstić information content (AvgIpc) is 3.36. The molecule has 0 radical (unpaired) electrons. The molecule has 30 heavy (non-hydrogen) atoms. The number of rotatable bonds is 6. The van der Waals surface area contributed by atoms with E-state index in [4.69, 9.17) is 9.15 Å². The lowest BCUT2D eigenvalue weighted by Crippen LogP contribution is -2.41. The van der Waals surface area contributed by atoms with Crippen molar-refractivity contribution in [3.63, 3.8) is 0 Å². The van der Waals surface area contributed by atoms with Gasteiger partial charge in [-0.1, -0.05) is 18.2 Å². The number of nitrogens with zero attached hydrogens (tertiary/aromatic N) is 5. The van der Waals surface area contributed by atoms with Crippen LogP contribution in [0.5, 0.6) is 0 Å². The van der Waals surface area contributed by atoms with Gasteiger partial charge in [0, 0.05) is 11.8 Å². The third kappa shape index (κ3) is 3.81. The van der Waals surface area contributed by atoms with Crippen LogP contribution >= 0.6 is 0 Å². The highest BCUT2D eigenvalue weighted by Gasteiger charge is 2.38. The van der Waals surface area contributed by atoms with Gasteiger partial charge in [0.1, 0.15) is 24.5 Å². The number of benzene rings is 1. The Balaban J connectivity index is 1.52. The molecule has 1 aliphatic rings. The van der Waals surface area contributed by atoms with Gasteiger partial charge in [-0.05, 0) is 38.5 Å². The zero-order chi connectivity index (χ0) is 21.3. The van der Waals surface area contributed by atoms with Gasteiger partial charge < -0.3 is 19.6 Å². The van der Waals surface area contributed by atoms with Crippen LogP contribution in [0, 0.1) is 6.92 Å². The van der Waals surface area contributed by atoms with Gasteiger partial charge >= 0.3 is 6.09 Å². The minimum absolute atomic E-state index is 0.101. The van der Waals surface area contributed by atoms with Crippen molar-refractivity contribution in [3.8, 4) is 11.5 Å². The number of amides is 1. The van der Waals surface area contributed by atoms with Crippen LogP contribution in [0.3, 0.4) is 0 Å². The Morgan fingerprint density at radius 3 is 2.80 bits per heavy atom. The largest absolute Gasteiger partial charge is 0.447 e. The molecule has 4 rings (SSSR count). The molecule has 156 valence electrons. The van der Waals surface area contributed by atoms with Crippen LogP contribution in [-0.2, 0) is 4.74 Å². The zero-order valence-corrected chi connectivity index (χ0v) is 16.8. The summed E-state index contributed by atoms with van der Waals surface area (Å²) in [7, 11) is 0. The van der Waals surface area contributed by atoms with E-state index in [0.717, 1.165) is 11.1 Å². The van der Waals surface area contributed by atoms with Crippen LogP contribution in [0.2, 0.25) is 0 Å². The summed E-state index contributed by atoms with van der Waals surface area (Å²) in [4.78, 5) is 22.0. The van der Waals surface area contributed by atoms with Gasteiger partial charge in [0.15, 0.2) is 0 Å². The Morgan fingerprint density at radius 2 is 2.03 bits per heavy atom. The van der Waals surface area contributed by atoms with Crippen molar-refractivity contribution in [2.24, 2.45) is 0 Å². The number of carbonyl (C=O) groups is 1. The molecule has 10 nitrogen and oxygen atoms in total. The average molecular weight is 410 g/mol. The number of aryl methyl sites for hydroxylation is 1. The van der Waals surface area contributed by atoms with Gasteiger partial charge in [-0.2, -0.15) is 4.98 Å². The molecule has 3 heterocycles. The number of cyclic esters (lactones) is 1. The van der Waals surface area contributed by atoms with E-state index in [1.807, 2.05) is 38.1 Å².